The van der Waals surface area contributed by atoms with Crippen molar-refractivity contribution in [3.05, 3.63) is 63.7 Å². The molecule has 1 heterocycles. The number of ether oxygens (including phenoxy) is 1. The standard InChI is InChI=1S/C20H25N3O5S/c1-15-5-8-17(23(24)25)14-20(15)29(26,27)21-11-13-22-12-3-4-19(22)16-6-9-18(28-2)10-7-16/h5-10,14,19,21H,3-4,11-13H2,1-2H3. The lowest BCUT2D eigenvalue weighted by atomic mass is 10.0. The summed E-state index contributed by atoms with van der Waals surface area (Å²) in [5.41, 5.74) is 1.41. The fourth-order valence-corrected chi connectivity index (χ4v) is 4.97. The van der Waals surface area contributed by atoms with E-state index in [0.717, 1.165) is 31.2 Å². The van der Waals surface area contributed by atoms with Crippen LogP contribution in [0.1, 0.15) is 30.0 Å². The van der Waals surface area contributed by atoms with Crippen LogP contribution in [-0.2, 0) is 10.0 Å². The van der Waals surface area contributed by atoms with Crippen molar-refractivity contribution in [3.8, 4) is 5.75 Å². The Balaban J connectivity index is 1.65. The van der Waals surface area contributed by atoms with Gasteiger partial charge in [-0.15, -0.1) is 0 Å². The van der Waals surface area contributed by atoms with E-state index in [1.165, 1.54) is 17.7 Å². The number of rotatable bonds is 8. The summed E-state index contributed by atoms with van der Waals surface area (Å²) < 4.78 is 33.1. The van der Waals surface area contributed by atoms with Crippen molar-refractivity contribution >= 4 is 15.7 Å². The number of nitro benzene ring substituents is 1. The van der Waals surface area contributed by atoms with Crippen LogP contribution in [0.5, 0.6) is 5.75 Å². The second-order valence-electron chi connectivity index (χ2n) is 7.07. The molecule has 1 atom stereocenters. The Labute approximate surface area is 170 Å². The molecule has 0 aliphatic carbocycles. The summed E-state index contributed by atoms with van der Waals surface area (Å²) in [7, 11) is -2.20. The zero-order valence-corrected chi connectivity index (χ0v) is 17.3. The van der Waals surface area contributed by atoms with Crippen molar-refractivity contribution in [1.29, 1.82) is 0 Å². The summed E-state index contributed by atoms with van der Waals surface area (Å²) in [5, 5.41) is 11.0. The second kappa shape index (κ2) is 8.89. The Morgan fingerprint density at radius 3 is 2.62 bits per heavy atom. The minimum atomic E-state index is -3.83. The Kier molecular flexibility index (Phi) is 6.51. The van der Waals surface area contributed by atoms with Gasteiger partial charge in [0.2, 0.25) is 10.0 Å². The highest BCUT2D eigenvalue weighted by Crippen LogP contribution is 2.32. The van der Waals surface area contributed by atoms with Crippen LogP contribution in [0.2, 0.25) is 0 Å². The average molecular weight is 420 g/mol. The lowest BCUT2D eigenvalue weighted by Gasteiger charge is -2.25. The van der Waals surface area contributed by atoms with E-state index in [4.69, 9.17) is 4.74 Å². The van der Waals surface area contributed by atoms with Crippen molar-refractivity contribution in [2.24, 2.45) is 0 Å². The molecule has 0 bridgehead atoms. The van der Waals surface area contributed by atoms with Crippen molar-refractivity contribution in [2.75, 3.05) is 26.7 Å². The maximum Gasteiger partial charge on any atom is 0.270 e. The van der Waals surface area contributed by atoms with Crippen LogP contribution < -0.4 is 9.46 Å². The average Bonchev–Trinajstić information content (AvgIpc) is 3.16. The molecule has 0 radical (unpaired) electrons. The number of hydrogen-bond donors (Lipinski definition) is 1. The van der Waals surface area contributed by atoms with E-state index >= 15 is 0 Å². The number of nitrogens with one attached hydrogen (secondary N) is 1. The minimum Gasteiger partial charge on any atom is -0.497 e. The molecule has 9 heteroatoms. The van der Waals surface area contributed by atoms with Gasteiger partial charge in [-0.05, 0) is 49.6 Å². The Hall–Kier alpha value is -2.49. The molecule has 1 unspecified atom stereocenters. The van der Waals surface area contributed by atoms with Gasteiger partial charge in [0.05, 0.1) is 16.9 Å². The normalized spacial score (nSPS) is 17.4. The third kappa shape index (κ3) is 4.92. The van der Waals surface area contributed by atoms with Crippen LogP contribution in [-0.4, -0.2) is 45.0 Å². The SMILES string of the molecule is COc1ccc(C2CCCN2CCNS(=O)(=O)c2cc([N+](=O)[O-])ccc2C)cc1. The van der Waals surface area contributed by atoms with Crippen LogP contribution in [0.15, 0.2) is 47.4 Å². The lowest BCUT2D eigenvalue weighted by molar-refractivity contribution is -0.385. The number of aryl methyl sites for hydroxylation is 1. The van der Waals surface area contributed by atoms with Crippen molar-refractivity contribution in [2.45, 2.75) is 30.7 Å². The first-order valence-corrected chi connectivity index (χ1v) is 10.9. The molecule has 156 valence electrons. The number of hydrogen-bond acceptors (Lipinski definition) is 6. The molecule has 2 aromatic carbocycles. The van der Waals surface area contributed by atoms with Crippen LogP contribution in [0.4, 0.5) is 5.69 Å². The van der Waals surface area contributed by atoms with Gasteiger partial charge in [0.25, 0.3) is 5.69 Å². The van der Waals surface area contributed by atoms with Gasteiger partial charge in [0.15, 0.2) is 0 Å². The molecule has 8 nitrogen and oxygen atoms in total. The number of nitro groups is 1. The molecule has 1 N–H and O–H groups in total. The van der Waals surface area contributed by atoms with Crippen LogP contribution >= 0.6 is 0 Å². The number of non-ortho nitro benzene ring substituents is 1. The van der Waals surface area contributed by atoms with Crippen molar-refractivity contribution in [3.63, 3.8) is 0 Å². The van der Waals surface area contributed by atoms with E-state index in [-0.39, 0.29) is 23.2 Å². The fraction of sp³-hybridized carbons (Fsp3) is 0.400. The van der Waals surface area contributed by atoms with Gasteiger partial charge in [0.1, 0.15) is 5.75 Å². The van der Waals surface area contributed by atoms with E-state index in [1.807, 2.05) is 24.3 Å². The monoisotopic (exact) mass is 419 g/mol. The Bertz CT molecular complexity index is 976. The summed E-state index contributed by atoms with van der Waals surface area (Å²) in [4.78, 5) is 12.6. The van der Waals surface area contributed by atoms with Gasteiger partial charge in [-0.2, -0.15) is 0 Å². The number of likely N-dealkylation sites (tertiary alicyclic amines) is 1. The number of nitrogens with zero attached hydrogens (tertiary/aromatic N) is 2. The molecule has 0 amide bonds. The Morgan fingerprint density at radius 1 is 1.24 bits per heavy atom. The molecule has 2 aromatic rings. The number of methoxy groups -OCH3 is 1. The molecule has 3 rings (SSSR count). The highest BCUT2D eigenvalue weighted by Gasteiger charge is 2.26. The highest BCUT2D eigenvalue weighted by molar-refractivity contribution is 7.89. The molecule has 0 spiro atoms. The van der Waals surface area contributed by atoms with E-state index in [9.17, 15) is 18.5 Å². The van der Waals surface area contributed by atoms with Crippen molar-refractivity contribution < 1.29 is 18.1 Å². The van der Waals surface area contributed by atoms with Crippen molar-refractivity contribution in [1.82, 2.24) is 9.62 Å². The molecule has 0 aromatic heterocycles. The first kappa shape index (κ1) is 21.2. The predicted molar refractivity (Wildman–Crippen MR) is 110 cm³/mol. The van der Waals surface area contributed by atoms with E-state index in [1.54, 1.807) is 14.0 Å². The van der Waals surface area contributed by atoms with Crippen LogP contribution in [0, 0.1) is 17.0 Å². The topological polar surface area (TPSA) is 102 Å². The van der Waals surface area contributed by atoms with E-state index in [0.29, 0.717) is 12.1 Å². The maximum atomic E-state index is 12.7. The van der Waals surface area contributed by atoms with Gasteiger partial charge in [-0.3, -0.25) is 15.0 Å². The smallest absolute Gasteiger partial charge is 0.270 e. The molecule has 1 fully saturated rings. The first-order chi connectivity index (χ1) is 13.8. The van der Waals surface area contributed by atoms with Gasteiger partial charge >= 0.3 is 0 Å². The van der Waals surface area contributed by atoms with E-state index < -0.39 is 14.9 Å². The lowest BCUT2D eigenvalue weighted by Crippen LogP contribution is -2.35. The van der Waals surface area contributed by atoms with Gasteiger partial charge in [0, 0.05) is 31.3 Å². The fourth-order valence-electron chi connectivity index (χ4n) is 3.69. The predicted octanol–water partition coefficient (Wildman–Crippen LogP) is 3.03. The summed E-state index contributed by atoms with van der Waals surface area (Å²) in [6, 6.07) is 12.0. The highest BCUT2D eigenvalue weighted by atomic mass is 32.2. The van der Waals surface area contributed by atoms with E-state index in [2.05, 4.69) is 9.62 Å². The summed E-state index contributed by atoms with van der Waals surface area (Å²) >= 11 is 0. The zero-order valence-electron chi connectivity index (χ0n) is 16.5. The first-order valence-electron chi connectivity index (χ1n) is 9.44. The van der Waals surface area contributed by atoms with Crippen LogP contribution in [0.3, 0.4) is 0 Å². The molecular weight excluding hydrogens is 394 g/mol. The quantitative estimate of drug-likeness (QED) is 0.521. The molecule has 1 aliphatic heterocycles. The molecule has 1 saturated heterocycles. The van der Waals surface area contributed by atoms with Gasteiger partial charge in [-0.25, -0.2) is 13.1 Å². The zero-order chi connectivity index (χ0) is 21.0. The largest absolute Gasteiger partial charge is 0.497 e. The van der Waals surface area contributed by atoms with Gasteiger partial charge in [-0.1, -0.05) is 18.2 Å². The summed E-state index contributed by atoms with van der Waals surface area (Å²) in [6.45, 7) is 3.31. The third-order valence-corrected chi connectivity index (χ3v) is 6.83. The third-order valence-electron chi connectivity index (χ3n) is 5.23. The summed E-state index contributed by atoms with van der Waals surface area (Å²) in [6.07, 6.45) is 2.07. The molecular formula is C20H25N3O5S. The Morgan fingerprint density at radius 2 is 1.97 bits per heavy atom. The number of benzene rings is 2. The minimum absolute atomic E-state index is 0.0557. The van der Waals surface area contributed by atoms with Crippen LogP contribution in [0.25, 0.3) is 0 Å². The molecule has 0 saturated carbocycles. The second-order valence-corrected chi connectivity index (χ2v) is 8.81. The maximum absolute atomic E-state index is 12.7. The van der Waals surface area contributed by atoms with Gasteiger partial charge < -0.3 is 4.74 Å². The molecule has 29 heavy (non-hydrogen) atoms. The summed E-state index contributed by atoms with van der Waals surface area (Å²) in [5.74, 6) is 0.804. The number of sulfonamides is 1. The molecule has 1 aliphatic rings.